The van der Waals surface area contributed by atoms with E-state index in [9.17, 15) is 10.0 Å². The molecule has 1 saturated heterocycles. The van der Waals surface area contributed by atoms with Crippen molar-refractivity contribution in [1.29, 1.82) is 0 Å². The van der Waals surface area contributed by atoms with Crippen LogP contribution in [0.2, 0.25) is 0 Å². The molecule has 0 aliphatic carbocycles. The van der Waals surface area contributed by atoms with E-state index in [-0.39, 0.29) is 16.8 Å². The summed E-state index contributed by atoms with van der Waals surface area (Å²) in [4.78, 5) is 14.3. The third-order valence-electron chi connectivity index (χ3n) is 5.01. The van der Waals surface area contributed by atoms with E-state index >= 15 is 0 Å². The minimum atomic E-state index is -0.189. The van der Waals surface area contributed by atoms with E-state index in [4.69, 9.17) is 10.9 Å². The lowest BCUT2D eigenvalue weighted by Gasteiger charge is -2.31. The van der Waals surface area contributed by atoms with Crippen LogP contribution in [-0.2, 0) is 11.3 Å². The Morgan fingerprint density at radius 3 is 2.67 bits per heavy atom. The molecule has 3 N–H and O–H groups in total. The molecule has 0 bridgehead atoms. The Hall–Kier alpha value is -2.67. The second kappa shape index (κ2) is 8.81. The van der Waals surface area contributed by atoms with Gasteiger partial charge >= 0.3 is 0 Å². The highest BCUT2D eigenvalue weighted by atomic mass is 16.8. The van der Waals surface area contributed by atoms with Crippen LogP contribution < -0.4 is 11.0 Å². The Labute approximate surface area is 159 Å². The van der Waals surface area contributed by atoms with Crippen LogP contribution in [0.3, 0.4) is 0 Å². The van der Waals surface area contributed by atoms with E-state index in [0.29, 0.717) is 31.1 Å². The maximum Gasteiger partial charge on any atom is 0.246 e. The summed E-state index contributed by atoms with van der Waals surface area (Å²) < 4.78 is 0. The van der Waals surface area contributed by atoms with Crippen LogP contribution in [0.25, 0.3) is 6.08 Å². The van der Waals surface area contributed by atoms with Gasteiger partial charge in [0, 0.05) is 25.7 Å². The summed E-state index contributed by atoms with van der Waals surface area (Å²) in [5.41, 5.74) is 8.74. The number of carbonyl (C=O) groups excluding carboxylic acids is 1. The second-order valence-corrected chi connectivity index (χ2v) is 6.71. The summed E-state index contributed by atoms with van der Waals surface area (Å²) in [5.74, 6) is 0.350. The molecule has 0 unspecified atom stereocenters. The third kappa shape index (κ3) is 4.74. The van der Waals surface area contributed by atoms with Gasteiger partial charge in [0.2, 0.25) is 5.91 Å². The standard InChI is InChI=1S/C21H24N3O3/c22-15-16-4-3-6-19(14-16)17-10-12-23(13-11-17)21(25)9-8-18-5-1-2-7-20(18)24(26)27/h1-9,14,17,26H,10-13,15,22H2/q-1/b9-8+. The van der Waals surface area contributed by atoms with Crippen LogP contribution in [0.4, 0.5) is 5.69 Å². The van der Waals surface area contributed by atoms with Crippen molar-refractivity contribution in [2.45, 2.75) is 25.3 Å². The number of amides is 1. The Morgan fingerprint density at radius 2 is 1.96 bits per heavy atom. The summed E-state index contributed by atoms with van der Waals surface area (Å²) in [6.07, 6.45) is 4.84. The zero-order chi connectivity index (χ0) is 19.2. The maximum atomic E-state index is 12.5. The number of nitrogens with zero attached hydrogens (tertiary/aromatic N) is 2. The summed E-state index contributed by atoms with van der Waals surface area (Å²) in [5, 5.41) is 20.1. The first-order valence-electron chi connectivity index (χ1n) is 9.09. The molecule has 0 saturated carbocycles. The minimum absolute atomic E-state index is 0.0886. The fourth-order valence-corrected chi connectivity index (χ4v) is 3.48. The predicted octanol–water partition coefficient (Wildman–Crippen LogP) is 3.26. The van der Waals surface area contributed by atoms with E-state index in [1.807, 2.05) is 17.0 Å². The number of benzene rings is 2. The fraction of sp³-hybridized carbons (Fsp3) is 0.286. The number of hydrogen-bond donors (Lipinski definition) is 2. The minimum Gasteiger partial charge on any atom is -0.733 e. The molecule has 2 aromatic rings. The van der Waals surface area contributed by atoms with Crippen LogP contribution >= 0.6 is 0 Å². The summed E-state index contributed by atoms with van der Waals surface area (Å²) in [7, 11) is 0. The number of carbonyl (C=O) groups is 1. The summed E-state index contributed by atoms with van der Waals surface area (Å²) >= 11 is 0. The van der Waals surface area contributed by atoms with Crippen molar-refractivity contribution in [3.05, 3.63) is 76.5 Å². The molecule has 0 atom stereocenters. The van der Waals surface area contributed by atoms with Crippen molar-refractivity contribution in [2.24, 2.45) is 5.73 Å². The van der Waals surface area contributed by atoms with E-state index in [1.54, 1.807) is 24.3 Å². The van der Waals surface area contributed by atoms with Gasteiger partial charge in [-0.05, 0) is 47.6 Å². The highest BCUT2D eigenvalue weighted by Crippen LogP contribution is 2.29. The molecule has 6 heteroatoms. The molecule has 1 aliphatic rings. The van der Waals surface area contributed by atoms with Crippen LogP contribution in [0.1, 0.15) is 35.4 Å². The summed E-state index contributed by atoms with van der Waals surface area (Å²) in [6, 6.07) is 14.9. The molecule has 3 rings (SSSR count). The first-order valence-corrected chi connectivity index (χ1v) is 9.09. The van der Waals surface area contributed by atoms with Gasteiger partial charge in [0.25, 0.3) is 0 Å². The Balaban J connectivity index is 1.60. The Kier molecular flexibility index (Phi) is 6.24. The second-order valence-electron chi connectivity index (χ2n) is 6.71. The number of piperidine rings is 1. The van der Waals surface area contributed by atoms with Gasteiger partial charge in [-0.25, -0.2) is 0 Å². The van der Waals surface area contributed by atoms with Gasteiger partial charge in [-0.2, -0.15) is 0 Å². The van der Waals surface area contributed by atoms with Crippen molar-refractivity contribution in [1.82, 2.24) is 4.90 Å². The molecule has 27 heavy (non-hydrogen) atoms. The van der Waals surface area contributed by atoms with E-state index < -0.39 is 0 Å². The maximum absolute atomic E-state index is 12.5. The molecule has 2 aromatic carbocycles. The van der Waals surface area contributed by atoms with Gasteiger partial charge < -0.3 is 21.1 Å². The number of rotatable bonds is 5. The Bertz CT molecular complexity index is 812. The SMILES string of the molecule is NCc1cccc(C2CCN(C(=O)/C=C/c3ccccc3N([O-])O)CC2)c1. The van der Waals surface area contributed by atoms with Crippen molar-refractivity contribution < 1.29 is 10.0 Å². The first kappa shape index (κ1) is 19.1. The first-order chi connectivity index (χ1) is 13.1. The topological polar surface area (TPSA) is 92.9 Å². The molecule has 0 radical (unpaired) electrons. The quantitative estimate of drug-likeness (QED) is 0.626. The average Bonchev–Trinajstić information content (AvgIpc) is 2.72. The van der Waals surface area contributed by atoms with E-state index in [1.165, 1.54) is 17.7 Å². The average molecular weight is 366 g/mol. The van der Waals surface area contributed by atoms with Crippen molar-refractivity contribution in [3.63, 3.8) is 0 Å². The molecule has 142 valence electrons. The molecular weight excluding hydrogens is 342 g/mol. The number of hydrogen-bond acceptors (Lipinski definition) is 5. The molecule has 1 aliphatic heterocycles. The number of nitrogens with two attached hydrogens (primary N) is 1. The predicted molar refractivity (Wildman–Crippen MR) is 106 cm³/mol. The van der Waals surface area contributed by atoms with Crippen LogP contribution in [0, 0.1) is 5.21 Å². The van der Waals surface area contributed by atoms with Crippen LogP contribution in [0.15, 0.2) is 54.6 Å². The van der Waals surface area contributed by atoms with Gasteiger partial charge in [-0.1, -0.05) is 42.5 Å². The molecule has 0 aromatic heterocycles. The van der Waals surface area contributed by atoms with E-state index in [0.717, 1.165) is 18.4 Å². The normalized spacial score (nSPS) is 15.3. The van der Waals surface area contributed by atoms with Gasteiger partial charge in [-0.15, -0.1) is 0 Å². The van der Waals surface area contributed by atoms with Gasteiger partial charge in [0.05, 0.1) is 5.69 Å². The van der Waals surface area contributed by atoms with E-state index in [2.05, 4.69) is 12.1 Å². The smallest absolute Gasteiger partial charge is 0.246 e. The molecule has 6 nitrogen and oxygen atoms in total. The molecule has 1 amide bonds. The fourth-order valence-electron chi connectivity index (χ4n) is 3.48. The number of anilines is 1. The van der Waals surface area contributed by atoms with Crippen LogP contribution in [0.5, 0.6) is 0 Å². The van der Waals surface area contributed by atoms with Crippen molar-refractivity contribution in [2.75, 3.05) is 18.3 Å². The van der Waals surface area contributed by atoms with Gasteiger partial charge in [0.15, 0.2) is 0 Å². The molecule has 0 spiro atoms. The zero-order valence-corrected chi connectivity index (χ0v) is 15.1. The third-order valence-corrected chi connectivity index (χ3v) is 5.01. The van der Waals surface area contributed by atoms with Gasteiger partial charge in [0.1, 0.15) is 0 Å². The molecule has 1 heterocycles. The van der Waals surface area contributed by atoms with Gasteiger partial charge in [-0.3, -0.25) is 10.0 Å². The molecular formula is C21H24N3O3-. The lowest BCUT2D eigenvalue weighted by atomic mass is 9.88. The zero-order valence-electron chi connectivity index (χ0n) is 15.1. The summed E-state index contributed by atoms with van der Waals surface area (Å²) in [6.45, 7) is 1.91. The Morgan fingerprint density at radius 1 is 1.22 bits per heavy atom. The largest absolute Gasteiger partial charge is 0.733 e. The monoisotopic (exact) mass is 366 g/mol. The highest BCUT2D eigenvalue weighted by molar-refractivity contribution is 5.92. The lowest BCUT2D eigenvalue weighted by molar-refractivity contribution is -0.126. The number of para-hydroxylation sites is 1. The molecule has 1 fully saturated rings. The van der Waals surface area contributed by atoms with Crippen molar-refractivity contribution in [3.8, 4) is 0 Å². The van der Waals surface area contributed by atoms with Crippen LogP contribution in [-0.4, -0.2) is 29.1 Å². The van der Waals surface area contributed by atoms with Crippen molar-refractivity contribution >= 4 is 17.7 Å². The number of likely N-dealkylation sites (tertiary alicyclic amines) is 1. The lowest BCUT2D eigenvalue weighted by Crippen LogP contribution is -2.36. The highest BCUT2D eigenvalue weighted by Gasteiger charge is 2.22.